The summed E-state index contributed by atoms with van der Waals surface area (Å²) in [4.78, 5) is 29.2. The third-order valence-corrected chi connectivity index (χ3v) is 5.34. The van der Waals surface area contributed by atoms with Crippen LogP contribution in [0.4, 0.5) is 15.8 Å². The van der Waals surface area contributed by atoms with Crippen molar-refractivity contribution in [3.63, 3.8) is 0 Å². The summed E-state index contributed by atoms with van der Waals surface area (Å²) in [7, 11) is 0. The minimum Gasteiger partial charge on any atom is -0.326 e. The van der Waals surface area contributed by atoms with E-state index in [0.717, 1.165) is 4.88 Å². The Labute approximate surface area is 185 Å². The first-order valence-corrected chi connectivity index (χ1v) is 10.3. The number of nitrogens with one attached hydrogen (secondary N) is 2. The first-order chi connectivity index (χ1) is 14.9. The molecule has 2 aromatic heterocycles. The molecule has 0 radical (unpaired) electrons. The van der Waals surface area contributed by atoms with Gasteiger partial charge in [0.1, 0.15) is 5.82 Å². The highest BCUT2D eigenvalue weighted by Gasteiger charge is 2.20. The van der Waals surface area contributed by atoms with Gasteiger partial charge in [-0.3, -0.25) is 9.59 Å². The molecule has 2 aromatic carbocycles. The highest BCUT2D eigenvalue weighted by Crippen LogP contribution is 2.28. The molecule has 2 amide bonds. The number of anilines is 2. The van der Waals surface area contributed by atoms with Crippen LogP contribution in [0.25, 0.3) is 16.4 Å². The summed E-state index contributed by atoms with van der Waals surface area (Å²) in [6, 6.07) is 14.2. The zero-order chi connectivity index (χ0) is 22.0. The van der Waals surface area contributed by atoms with Crippen molar-refractivity contribution in [2.24, 2.45) is 0 Å². The van der Waals surface area contributed by atoms with Gasteiger partial charge in [0.15, 0.2) is 5.82 Å². The Hall–Kier alpha value is -3.56. The molecule has 2 heterocycles. The van der Waals surface area contributed by atoms with Gasteiger partial charge in [0, 0.05) is 12.6 Å². The van der Waals surface area contributed by atoms with E-state index in [1.165, 1.54) is 41.1 Å². The van der Waals surface area contributed by atoms with Crippen LogP contribution in [0.5, 0.6) is 0 Å². The molecule has 2 N–H and O–H groups in total. The van der Waals surface area contributed by atoms with Gasteiger partial charge in [-0.15, -0.1) is 16.4 Å². The quantitative estimate of drug-likeness (QED) is 0.443. The fraction of sp³-hybridized carbons (Fsp3) is 0.0476. The average molecular weight is 456 g/mol. The van der Waals surface area contributed by atoms with E-state index in [-0.39, 0.29) is 22.6 Å². The maximum atomic E-state index is 13.3. The van der Waals surface area contributed by atoms with Crippen LogP contribution in [0.3, 0.4) is 0 Å². The average Bonchev–Trinajstić information content (AvgIpc) is 3.40. The van der Waals surface area contributed by atoms with E-state index < -0.39 is 5.91 Å². The van der Waals surface area contributed by atoms with Gasteiger partial charge in [0.25, 0.3) is 5.91 Å². The van der Waals surface area contributed by atoms with Gasteiger partial charge in [0.05, 0.1) is 21.3 Å². The normalized spacial score (nSPS) is 10.7. The second kappa shape index (κ2) is 8.66. The predicted molar refractivity (Wildman–Crippen MR) is 118 cm³/mol. The van der Waals surface area contributed by atoms with E-state index in [1.54, 1.807) is 24.3 Å². The molecular formula is C21H15ClFN5O2S. The number of carbonyl (C=O) groups is 2. The predicted octanol–water partition coefficient (Wildman–Crippen LogP) is 5.00. The number of aromatic nitrogens is 3. The first-order valence-electron chi connectivity index (χ1n) is 9.06. The van der Waals surface area contributed by atoms with Crippen LogP contribution in [0.15, 0.2) is 60.0 Å². The third kappa shape index (κ3) is 4.62. The van der Waals surface area contributed by atoms with E-state index in [0.29, 0.717) is 22.9 Å². The van der Waals surface area contributed by atoms with Gasteiger partial charge in [0.2, 0.25) is 11.7 Å². The highest BCUT2D eigenvalue weighted by molar-refractivity contribution is 7.13. The summed E-state index contributed by atoms with van der Waals surface area (Å²) in [6.07, 6.45) is 0. The zero-order valence-corrected chi connectivity index (χ0v) is 17.7. The van der Waals surface area contributed by atoms with Crippen molar-refractivity contribution < 1.29 is 14.0 Å². The van der Waals surface area contributed by atoms with Crippen molar-refractivity contribution in [2.45, 2.75) is 6.92 Å². The molecule has 0 aliphatic carbocycles. The summed E-state index contributed by atoms with van der Waals surface area (Å²) in [5.74, 6) is -0.789. The first kappa shape index (κ1) is 20.7. The molecule has 156 valence electrons. The van der Waals surface area contributed by atoms with Gasteiger partial charge >= 0.3 is 0 Å². The Morgan fingerprint density at radius 1 is 1.10 bits per heavy atom. The minimum absolute atomic E-state index is 0.0743. The molecular weight excluding hydrogens is 441 g/mol. The molecule has 0 atom stereocenters. The fourth-order valence-corrected chi connectivity index (χ4v) is 3.74. The molecule has 7 nitrogen and oxygen atoms in total. The van der Waals surface area contributed by atoms with Gasteiger partial charge in [-0.25, -0.2) is 14.1 Å². The van der Waals surface area contributed by atoms with Crippen molar-refractivity contribution in [2.75, 3.05) is 10.6 Å². The Kier molecular flexibility index (Phi) is 5.79. The number of benzene rings is 2. The van der Waals surface area contributed by atoms with Crippen molar-refractivity contribution in [1.82, 2.24) is 14.8 Å². The molecule has 0 saturated heterocycles. The lowest BCUT2D eigenvalue weighted by Crippen LogP contribution is -2.15. The molecule has 0 saturated carbocycles. The molecule has 0 bridgehead atoms. The fourth-order valence-electron chi connectivity index (χ4n) is 2.81. The number of amides is 2. The summed E-state index contributed by atoms with van der Waals surface area (Å²) in [5.41, 5.74) is 1.42. The largest absolute Gasteiger partial charge is 0.326 e. The van der Waals surface area contributed by atoms with Gasteiger partial charge in [-0.1, -0.05) is 17.7 Å². The van der Waals surface area contributed by atoms with E-state index in [4.69, 9.17) is 11.6 Å². The van der Waals surface area contributed by atoms with Crippen molar-refractivity contribution in [3.8, 4) is 16.4 Å². The van der Waals surface area contributed by atoms with E-state index in [2.05, 4.69) is 20.7 Å². The van der Waals surface area contributed by atoms with Crippen LogP contribution in [-0.2, 0) is 4.79 Å². The van der Waals surface area contributed by atoms with E-state index >= 15 is 0 Å². The number of rotatable bonds is 5. The highest BCUT2D eigenvalue weighted by atomic mass is 35.5. The SMILES string of the molecule is CC(=O)Nc1ccc(NC(=O)c2nc(-c3cccs3)n(-c3ccc(F)cc3)n2)c(Cl)c1. The molecule has 31 heavy (non-hydrogen) atoms. The van der Waals surface area contributed by atoms with Crippen LogP contribution < -0.4 is 10.6 Å². The standard InChI is InChI=1S/C21H15ClFN5O2S/c1-12(29)24-14-6-9-17(16(22)11-14)25-21(30)19-26-20(18-3-2-10-31-18)28(27-19)15-7-4-13(23)5-8-15/h2-11H,1H3,(H,24,29)(H,25,30). The second-order valence-electron chi connectivity index (χ2n) is 6.45. The van der Waals surface area contributed by atoms with Gasteiger partial charge in [-0.05, 0) is 53.9 Å². The van der Waals surface area contributed by atoms with Crippen LogP contribution in [-0.4, -0.2) is 26.6 Å². The maximum Gasteiger partial charge on any atom is 0.295 e. The minimum atomic E-state index is -0.562. The Bertz CT molecular complexity index is 1260. The summed E-state index contributed by atoms with van der Waals surface area (Å²) < 4.78 is 14.8. The van der Waals surface area contributed by atoms with Crippen LogP contribution in [0, 0.1) is 5.82 Å². The number of hydrogen-bond donors (Lipinski definition) is 2. The smallest absolute Gasteiger partial charge is 0.295 e. The van der Waals surface area contributed by atoms with Crippen LogP contribution in [0.1, 0.15) is 17.5 Å². The monoisotopic (exact) mass is 455 g/mol. The zero-order valence-electron chi connectivity index (χ0n) is 16.1. The summed E-state index contributed by atoms with van der Waals surface area (Å²) in [6.45, 7) is 1.39. The molecule has 4 rings (SSSR count). The van der Waals surface area contributed by atoms with Gasteiger partial charge in [-0.2, -0.15) is 0 Å². The van der Waals surface area contributed by atoms with Crippen molar-refractivity contribution >= 4 is 46.1 Å². The molecule has 0 spiro atoms. The van der Waals surface area contributed by atoms with E-state index in [1.807, 2.05) is 17.5 Å². The van der Waals surface area contributed by atoms with Crippen LogP contribution >= 0.6 is 22.9 Å². The number of nitrogens with zero attached hydrogens (tertiary/aromatic N) is 3. The molecule has 10 heteroatoms. The number of carbonyl (C=O) groups excluding carboxylic acids is 2. The van der Waals surface area contributed by atoms with Crippen LogP contribution in [0.2, 0.25) is 5.02 Å². The molecule has 0 aliphatic rings. The topological polar surface area (TPSA) is 88.9 Å². The molecule has 0 fully saturated rings. The van der Waals surface area contributed by atoms with Gasteiger partial charge < -0.3 is 10.6 Å². The lowest BCUT2D eigenvalue weighted by molar-refractivity contribution is -0.114. The second-order valence-corrected chi connectivity index (χ2v) is 7.81. The third-order valence-electron chi connectivity index (χ3n) is 4.16. The lowest BCUT2D eigenvalue weighted by Gasteiger charge is -2.08. The molecule has 0 aliphatic heterocycles. The number of thiophene rings is 1. The Morgan fingerprint density at radius 3 is 2.52 bits per heavy atom. The summed E-state index contributed by atoms with van der Waals surface area (Å²) in [5, 5.41) is 11.7. The molecule has 0 unspecified atom stereocenters. The van der Waals surface area contributed by atoms with Crippen molar-refractivity contribution in [3.05, 3.63) is 76.6 Å². The maximum absolute atomic E-state index is 13.3. The Morgan fingerprint density at radius 2 is 1.87 bits per heavy atom. The van der Waals surface area contributed by atoms with Crippen molar-refractivity contribution in [1.29, 1.82) is 0 Å². The number of halogens is 2. The Balaban J connectivity index is 1.65. The van der Waals surface area contributed by atoms with E-state index in [9.17, 15) is 14.0 Å². The number of hydrogen-bond acceptors (Lipinski definition) is 5. The lowest BCUT2D eigenvalue weighted by atomic mass is 10.2. The molecule has 4 aromatic rings. The summed E-state index contributed by atoms with van der Waals surface area (Å²) >= 11 is 7.67.